The van der Waals surface area contributed by atoms with Gasteiger partial charge >= 0.3 is 0 Å². The van der Waals surface area contributed by atoms with Crippen LogP contribution >= 0.6 is 11.3 Å². The van der Waals surface area contributed by atoms with Crippen molar-refractivity contribution in [3.63, 3.8) is 0 Å². The number of fused-ring (bicyclic) bond motifs is 2. The number of aromatic amines is 1. The number of rotatable bonds is 3. The number of piperazine rings is 1. The lowest BCUT2D eigenvalue weighted by Gasteiger charge is -2.48. The van der Waals surface area contributed by atoms with Gasteiger partial charge in [0.25, 0.3) is 11.5 Å². The maximum atomic E-state index is 13.1. The molecule has 2 aromatic rings. The van der Waals surface area contributed by atoms with Crippen molar-refractivity contribution in [1.82, 2.24) is 19.8 Å². The van der Waals surface area contributed by atoms with Crippen LogP contribution in [0, 0.1) is 6.92 Å². The summed E-state index contributed by atoms with van der Waals surface area (Å²) >= 11 is 1.31. The van der Waals surface area contributed by atoms with Gasteiger partial charge in [0, 0.05) is 25.7 Å². The van der Waals surface area contributed by atoms with E-state index in [-0.39, 0.29) is 17.5 Å². The molecule has 0 spiro atoms. The first-order chi connectivity index (χ1) is 12.6. The Morgan fingerprint density at radius 2 is 2.27 bits per heavy atom. The van der Waals surface area contributed by atoms with E-state index in [1.165, 1.54) is 17.7 Å². The second-order valence-electron chi connectivity index (χ2n) is 7.09. The number of nitrogens with zero attached hydrogens (tertiary/aromatic N) is 3. The third-order valence-corrected chi connectivity index (χ3v) is 6.64. The summed E-state index contributed by atoms with van der Waals surface area (Å²) in [7, 11) is 0. The molecule has 2 atom stereocenters. The van der Waals surface area contributed by atoms with Crippen LogP contribution in [0.2, 0.25) is 0 Å². The van der Waals surface area contributed by atoms with Crippen LogP contribution in [0.25, 0.3) is 10.2 Å². The van der Waals surface area contributed by atoms with E-state index in [2.05, 4.69) is 21.8 Å². The maximum absolute atomic E-state index is 13.1. The normalized spacial score (nSPS) is 24.0. The zero-order chi connectivity index (χ0) is 18.3. The average molecular weight is 376 g/mol. The second kappa shape index (κ2) is 7.09. The minimum Gasteiger partial charge on any atom is -0.378 e. The fraction of sp³-hybridized carbons (Fsp3) is 0.611. The minimum atomic E-state index is -0.185. The van der Waals surface area contributed by atoms with Crippen molar-refractivity contribution in [1.29, 1.82) is 0 Å². The van der Waals surface area contributed by atoms with E-state index in [9.17, 15) is 9.59 Å². The molecule has 4 rings (SSSR count). The number of morpholine rings is 1. The quantitative estimate of drug-likeness (QED) is 0.881. The molecule has 1 N–H and O–H groups in total. The zero-order valence-electron chi connectivity index (χ0n) is 15.2. The van der Waals surface area contributed by atoms with Crippen LogP contribution in [-0.2, 0) is 4.74 Å². The van der Waals surface area contributed by atoms with Crippen LogP contribution in [0.15, 0.2) is 11.1 Å². The number of carbonyl (C=O) groups excluding carboxylic acids is 1. The molecule has 0 unspecified atom stereocenters. The molecule has 2 aromatic heterocycles. The summed E-state index contributed by atoms with van der Waals surface area (Å²) in [4.78, 5) is 37.7. The maximum Gasteiger partial charge on any atom is 0.264 e. The van der Waals surface area contributed by atoms with Crippen LogP contribution in [-0.4, -0.2) is 70.6 Å². The van der Waals surface area contributed by atoms with Gasteiger partial charge < -0.3 is 14.6 Å². The molecule has 2 aliphatic rings. The molecule has 2 aliphatic heterocycles. The summed E-state index contributed by atoms with van der Waals surface area (Å²) in [6, 6.07) is 0.721. The Kier molecular flexibility index (Phi) is 4.81. The third kappa shape index (κ3) is 2.95. The smallest absolute Gasteiger partial charge is 0.264 e. The van der Waals surface area contributed by atoms with Crippen molar-refractivity contribution in [3.05, 3.63) is 27.1 Å². The number of carbonyl (C=O) groups is 1. The molecule has 2 fully saturated rings. The van der Waals surface area contributed by atoms with E-state index in [0.29, 0.717) is 40.8 Å². The highest BCUT2D eigenvalue weighted by molar-refractivity contribution is 7.20. The summed E-state index contributed by atoms with van der Waals surface area (Å²) in [6.07, 6.45) is 3.66. The standard InChI is InChI=1S/C18H24N4O3S/c1-3-4-12-8-25-9-13-7-21(5-6-22(12)13)18(24)15-11(2)14-16(23)19-10-20-17(14)26-15/h10,12-13H,3-9H2,1-2H3,(H,19,20,23)/t12-,13+/m0/s1. The fourth-order valence-electron chi connectivity index (χ4n) is 4.13. The Bertz CT molecular complexity index is 875. The Hall–Kier alpha value is -1.77. The van der Waals surface area contributed by atoms with Crippen LogP contribution in [0.5, 0.6) is 0 Å². The topological polar surface area (TPSA) is 78.5 Å². The highest BCUT2D eigenvalue weighted by Crippen LogP contribution is 2.29. The summed E-state index contributed by atoms with van der Waals surface area (Å²) in [5.74, 6) is 0.00200. The monoisotopic (exact) mass is 376 g/mol. The largest absolute Gasteiger partial charge is 0.378 e. The average Bonchev–Trinajstić information content (AvgIpc) is 2.99. The Balaban J connectivity index is 1.56. The van der Waals surface area contributed by atoms with Gasteiger partial charge in [0.05, 0.1) is 35.8 Å². The molecule has 1 amide bonds. The van der Waals surface area contributed by atoms with Gasteiger partial charge in [0.1, 0.15) is 4.83 Å². The van der Waals surface area contributed by atoms with E-state index in [1.54, 1.807) is 0 Å². The van der Waals surface area contributed by atoms with Crippen molar-refractivity contribution in [2.75, 3.05) is 32.8 Å². The van der Waals surface area contributed by atoms with E-state index in [0.717, 1.165) is 31.6 Å². The van der Waals surface area contributed by atoms with Gasteiger partial charge in [-0.05, 0) is 18.9 Å². The van der Waals surface area contributed by atoms with Crippen molar-refractivity contribution < 1.29 is 9.53 Å². The molecular weight excluding hydrogens is 352 g/mol. The number of nitrogens with one attached hydrogen (secondary N) is 1. The number of hydrogen-bond acceptors (Lipinski definition) is 6. The van der Waals surface area contributed by atoms with Crippen LogP contribution < -0.4 is 5.56 Å². The number of amides is 1. The van der Waals surface area contributed by atoms with Crippen molar-refractivity contribution in [2.45, 2.75) is 38.8 Å². The zero-order valence-corrected chi connectivity index (χ0v) is 16.0. The Morgan fingerprint density at radius 1 is 1.42 bits per heavy atom. The Labute approximate surface area is 156 Å². The molecule has 7 nitrogen and oxygen atoms in total. The van der Waals surface area contributed by atoms with E-state index < -0.39 is 0 Å². The number of aryl methyl sites for hydroxylation is 1. The second-order valence-corrected chi connectivity index (χ2v) is 8.09. The minimum absolute atomic E-state index is 0.00200. The lowest BCUT2D eigenvalue weighted by Crippen LogP contribution is -2.62. The molecule has 0 radical (unpaired) electrons. The van der Waals surface area contributed by atoms with Gasteiger partial charge in [0.2, 0.25) is 0 Å². The molecule has 26 heavy (non-hydrogen) atoms. The highest BCUT2D eigenvalue weighted by Gasteiger charge is 2.37. The van der Waals surface area contributed by atoms with Crippen molar-refractivity contribution >= 4 is 27.5 Å². The molecule has 8 heteroatoms. The number of ether oxygens (including phenoxy) is 1. The summed E-state index contributed by atoms with van der Waals surface area (Å²) in [5.41, 5.74) is 0.547. The van der Waals surface area contributed by atoms with Crippen molar-refractivity contribution in [3.8, 4) is 0 Å². The molecule has 0 aliphatic carbocycles. The van der Waals surface area contributed by atoms with E-state index >= 15 is 0 Å². The van der Waals surface area contributed by atoms with Gasteiger partial charge in [-0.2, -0.15) is 0 Å². The fourth-order valence-corrected chi connectivity index (χ4v) is 5.25. The predicted octanol–water partition coefficient (Wildman–Crippen LogP) is 1.62. The summed E-state index contributed by atoms with van der Waals surface area (Å²) in [6.45, 7) is 7.78. The summed E-state index contributed by atoms with van der Waals surface area (Å²) < 4.78 is 5.79. The first-order valence-corrected chi connectivity index (χ1v) is 10.0. The number of hydrogen-bond donors (Lipinski definition) is 1. The van der Waals surface area contributed by atoms with Crippen molar-refractivity contribution in [2.24, 2.45) is 0 Å². The van der Waals surface area contributed by atoms with Crippen LogP contribution in [0.4, 0.5) is 0 Å². The number of aromatic nitrogens is 2. The van der Waals surface area contributed by atoms with Crippen LogP contribution in [0.1, 0.15) is 35.0 Å². The predicted molar refractivity (Wildman–Crippen MR) is 101 cm³/mol. The SMILES string of the molecule is CCC[C@H]1COC[C@H]2CN(C(=O)c3sc4nc[nH]c(=O)c4c3C)CCN12. The van der Waals surface area contributed by atoms with Crippen LogP contribution in [0.3, 0.4) is 0 Å². The number of thiophene rings is 1. The molecule has 4 heterocycles. The lowest BCUT2D eigenvalue weighted by atomic mass is 10.0. The highest BCUT2D eigenvalue weighted by atomic mass is 32.1. The van der Waals surface area contributed by atoms with Gasteiger partial charge in [-0.3, -0.25) is 14.5 Å². The van der Waals surface area contributed by atoms with E-state index in [1.807, 2.05) is 11.8 Å². The molecule has 140 valence electrons. The van der Waals surface area contributed by atoms with Gasteiger partial charge in [-0.15, -0.1) is 11.3 Å². The van der Waals surface area contributed by atoms with Gasteiger partial charge in [0.15, 0.2) is 0 Å². The first-order valence-electron chi connectivity index (χ1n) is 9.19. The van der Waals surface area contributed by atoms with Gasteiger partial charge in [-0.1, -0.05) is 13.3 Å². The van der Waals surface area contributed by atoms with E-state index in [4.69, 9.17) is 4.74 Å². The lowest BCUT2D eigenvalue weighted by molar-refractivity contribution is -0.0775. The molecule has 0 aromatic carbocycles. The van der Waals surface area contributed by atoms with Gasteiger partial charge in [-0.25, -0.2) is 4.98 Å². The molecule has 0 bridgehead atoms. The summed E-state index contributed by atoms with van der Waals surface area (Å²) in [5, 5.41) is 0.531. The first kappa shape index (κ1) is 17.6. The third-order valence-electron chi connectivity index (χ3n) is 5.45. The molecule has 2 saturated heterocycles. The molecular formula is C18H24N4O3S. The molecule has 0 saturated carbocycles. The number of H-pyrrole nitrogens is 1. The Morgan fingerprint density at radius 3 is 3.04 bits per heavy atom.